The fourth-order valence-electron chi connectivity index (χ4n) is 1.95. The van der Waals surface area contributed by atoms with Crippen molar-refractivity contribution >= 4 is 12.3 Å². The molecule has 98 valence electrons. The summed E-state index contributed by atoms with van der Waals surface area (Å²) in [5, 5.41) is 0. The van der Waals surface area contributed by atoms with Crippen molar-refractivity contribution in [3.05, 3.63) is 0 Å². The minimum absolute atomic E-state index is 0.171. The van der Waals surface area contributed by atoms with Crippen LogP contribution in [0.5, 0.6) is 0 Å². The number of nitrogens with zero attached hydrogens (tertiary/aromatic N) is 2. The van der Waals surface area contributed by atoms with Crippen LogP contribution >= 0.6 is 0 Å². The van der Waals surface area contributed by atoms with Crippen LogP contribution in [0.1, 0.15) is 20.8 Å². The summed E-state index contributed by atoms with van der Waals surface area (Å²) < 4.78 is 4.91. The van der Waals surface area contributed by atoms with Gasteiger partial charge in [-0.2, -0.15) is 0 Å². The van der Waals surface area contributed by atoms with Gasteiger partial charge in [0.1, 0.15) is 6.29 Å². The van der Waals surface area contributed by atoms with Crippen molar-refractivity contribution in [2.75, 3.05) is 39.3 Å². The van der Waals surface area contributed by atoms with Gasteiger partial charge in [0.15, 0.2) is 0 Å². The summed E-state index contributed by atoms with van der Waals surface area (Å²) in [5.41, 5.74) is -0.407. The SMILES string of the molecule is CCOC(=O)CN1CCN(C(C)(C)C=O)CC1. The van der Waals surface area contributed by atoms with E-state index < -0.39 is 5.54 Å². The van der Waals surface area contributed by atoms with E-state index in [1.54, 1.807) is 0 Å². The maximum absolute atomic E-state index is 11.3. The second kappa shape index (κ2) is 6.12. The average molecular weight is 242 g/mol. The highest BCUT2D eigenvalue weighted by Gasteiger charge is 2.29. The van der Waals surface area contributed by atoms with Crippen LogP contribution in [0.2, 0.25) is 0 Å². The molecule has 0 amide bonds. The zero-order valence-corrected chi connectivity index (χ0v) is 10.9. The Hall–Kier alpha value is -0.940. The minimum atomic E-state index is -0.407. The molecule has 0 spiro atoms. The van der Waals surface area contributed by atoms with Gasteiger partial charge in [0.25, 0.3) is 0 Å². The molecule has 0 aromatic carbocycles. The lowest BCUT2D eigenvalue weighted by molar-refractivity contribution is -0.145. The van der Waals surface area contributed by atoms with E-state index >= 15 is 0 Å². The monoisotopic (exact) mass is 242 g/mol. The molecule has 1 heterocycles. The molecule has 17 heavy (non-hydrogen) atoms. The quantitative estimate of drug-likeness (QED) is 0.507. The van der Waals surface area contributed by atoms with E-state index in [2.05, 4.69) is 9.80 Å². The number of ether oxygens (including phenoxy) is 1. The van der Waals surface area contributed by atoms with Crippen LogP contribution in [-0.4, -0.2) is 66.9 Å². The Labute approximate surface area is 103 Å². The molecule has 1 saturated heterocycles. The van der Waals surface area contributed by atoms with Crippen LogP contribution in [0.25, 0.3) is 0 Å². The lowest BCUT2D eigenvalue weighted by Gasteiger charge is -2.40. The minimum Gasteiger partial charge on any atom is -0.465 e. The van der Waals surface area contributed by atoms with Crippen LogP contribution in [0.15, 0.2) is 0 Å². The highest BCUT2D eigenvalue weighted by atomic mass is 16.5. The van der Waals surface area contributed by atoms with E-state index in [4.69, 9.17) is 4.74 Å². The number of rotatable bonds is 5. The first kappa shape index (κ1) is 14.1. The van der Waals surface area contributed by atoms with E-state index in [1.807, 2.05) is 20.8 Å². The third-order valence-corrected chi connectivity index (χ3v) is 3.13. The Bertz CT molecular complexity index is 271. The van der Waals surface area contributed by atoms with Crippen molar-refractivity contribution in [1.29, 1.82) is 0 Å². The Morgan fingerprint density at radius 2 is 1.88 bits per heavy atom. The standard InChI is InChI=1S/C12H22N2O3/c1-4-17-11(16)9-13-5-7-14(8-6-13)12(2,3)10-15/h10H,4-9H2,1-3H3. The number of esters is 1. The van der Waals surface area contributed by atoms with Crippen LogP contribution in [0.4, 0.5) is 0 Å². The molecule has 0 atom stereocenters. The number of hydrogen-bond acceptors (Lipinski definition) is 5. The van der Waals surface area contributed by atoms with Gasteiger partial charge in [-0.15, -0.1) is 0 Å². The molecule has 0 bridgehead atoms. The Balaban J connectivity index is 2.36. The highest BCUT2D eigenvalue weighted by Crippen LogP contribution is 2.14. The smallest absolute Gasteiger partial charge is 0.320 e. The molecule has 0 aliphatic carbocycles. The van der Waals surface area contributed by atoms with Gasteiger partial charge < -0.3 is 9.53 Å². The van der Waals surface area contributed by atoms with Gasteiger partial charge in [0.2, 0.25) is 0 Å². The average Bonchev–Trinajstić information content (AvgIpc) is 2.30. The predicted molar refractivity (Wildman–Crippen MR) is 64.8 cm³/mol. The summed E-state index contributed by atoms with van der Waals surface area (Å²) in [5.74, 6) is -0.171. The summed E-state index contributed by atoms with van der Waals surface area (Å²) in [6.45, 7) is 9.65. The van der Waals surface area contributed by atoms with Crippen LogP contribution in [0.3, 0.4) is 0 Å². The normalized spacial score (nSPS) is 19.0. The van der Waals surface area contributed by atoms with E-state index in [9.17, 15) is 9.59 Å². The first-order valence-electron chi connectivity index (χ1n) is 6.09. The number of hydrogen-bond donors (Lipinski definition) is 0. The Morgan fingerprint density at radius 3 is 2.35 bits per heavy atom. The first-order valence-corrected chi connectivity index (χ1v) is 6.09. The number of piperazine rings is 1. The third kappa shape index (κ3) is 4.09. The molecule has 0 N–H and O–H groups in total. The topological polar surface area (TPSA) is 49.9 Å². The molecular formula is C12H22N2O3. The summed E-state index contributed by atoms with van der Waals surface area (Å²) >= 11 is 0. The van der Waals surface area contributed by atoms with E-state index in [0.717, 1.165) is 32.5 Å². The van der Waals surface area contributed by atoms with Gasteiger partial charge in [-0.1, -0.05) is 0 Å². The molecule has 1 rings (SSSR count). The molecule has 0 unspecified atom stereocenters. The molecule has 0 aromatic heterocycles. The highest BCUT2D eigenvalue weighted by molar-refractivity contribution is 5.71. The molecule has 0 saturated carbocycles. The molecule has 0 aromatic rings. The van der Waals surface area contributed by atoms with Gasteiger partial charge >= 0.3 is 5.97 Å². The molecule has 1 aliphatic rings. The van der Waals surface area contributed by atoms with E-state index in [-0.39, 0.29) is 5.97 Å². The summed E-state index contributed by atoms with van der Waals surface area (Å²) in [7, 11) is 0. The second-order valence-corrected chi connectivity index (χ2v) is 4.84. The van der Waals surface area contributed by atoms with Crippen molar-refractivity contribution in [1.82, 2.24) is 9.80 Å². The largest absolute Gasteiger partial charge is 0.465 e. The fourth-order valence-corrected chi connectivity index (χ4v) is 1.95. The zero-order valence-electron chi connectivity index (χ0n) is 10.9. The zero-order chi connectivity index (χ0) is 12.9. The Morgan fingerprint density at radius 1 is 1.29 bits per heavy atom. The van der Waals surface area contributed by atoms with Crippen molar-refractivity contribution in [2.45, 2.75) is 26.3 Å². The molecule has 1 fully saturated rings. The summed E-state index contributed by atoms with van der Waals surface area (Å²) in [4.78, 5) is 26.5. The van der Waals surface area contributed by atoms with Gasteiger partial charge in [-0.3, -0.25) is 14.6 Å². The molecular weight excluding hydrogens is 220 g/mol. The first-order chi connectivity index (χ1) is 7.99. The van der Waals surface area contributed by atoms with Crippen molar-refractivity contribution in [3.63, 3.8) is 0 Å². The molecule has 5 nitrogen and oxygen atoms in total. The fraction of sp³-hybridized carbons (Fsp3) is 0.833. The van der Waals surface area contributed by atoms with Crippen molar-refractivity contribution in [3.8, 4) is 0 Å². The van der Waals surface area contributed by atoms with Crippen molar-refractivity contribution in [2.24, 2.45) is 0 Å². The third-order valence-electron chi connectivity index (χ3n) is 3.13. The second-order valence-electron chi connectivity index (χ2n) is 4.84. The van der Waals surface area contributed by atoms with Crippen LogP contribution in [-0.2, 0) is 14.3 Å². The predicted octanol–water partition coefficient (Wildman–Crippen LogP) is 0.145. The van der Waals surface area contributed by atoms with Gasteiger partial charge in [-0.05, 0) is 20.8 Å². The Kier molecular flexibility index (Phi) is 5.08. The van der Waals surface area contributed by atoms with Crippen LogP contribution in [0, 0.1) is 0 Å². The van der Waals surface area contributed by atoms with E-state index in [1.165, 1.54) is 0 Å². The van der Waals surface area contributed by atoms with E-state index in [0.29, 0.717) is 13.2 Å². The maximum Gasteiger partial charge on any atom is 0.320 e. The molecule has 1 aliphatic heterocycles. The molecule has 0 radical (unpaired) electrons. The summed E-state index contributed by atoms with van der Waals surface area (Å²) in [6.07, 6.45) is 0.980. The van der Waals surface area contributed by atoms with Gasteiger partial charge in [0.05, 0.1) is 18.7 Å². The van der Waals surface area contributed by atoms with Gasteiger partial charge in [-0.25, -0.2) is 0 Å². The lowest BCUT2D eigenvalue weighted by atomic mass is 10.0. The number of aldehydes is 1. The number of carbonyl (C=O) groups is 2. The number of carbonyl (C=O) groups excluding carboxylic acids is 2. The summed E-state index contributed by atoms with van der Waals surface area (Å²) in [6, 6.07) is 0. The van der Waals surface area contributed by atoms with Crippen LogP contribution < -0.4 is 0 Å². The van der Waals surface area contributed by atoms with Crippen molar-refractivity contribution < 1.29 is 14.3 Å². The molecule has 5 heteroatoms. The lowest BCUT2D eigenvalue weighted by Crippen LogP contribution is -2.56. The maximum atomic E-state index is 11.3. The van der Waals surface area contributed by atoms with Gasteiger partial charge in [0, 0.05) is 26.2 Å².